The number of amides is 1. The Morgan fingerprint density at radius 1 is 1.11 bits per heavy atom. The van der Waals surface area contributed by atoms with Gasteiger partial charge < -0.3 is 25.5 Å². The number of carbonyl (C=O) groups excluding carboxylic acids is 2. The summed E-state index contributed by atoms with van der Waals surface area (Å²) in [4.78, 5) is 37.8. The number of para-hydroxylation sites is 1. The van der Waals surface area contributed by atoms with E-state index in [-0.39, 0.29) is 41.0 Å². The van der Waals surface area contributed by atoms with Crippen molar-refractivity contribution in [1.82, 2.24) is 15.0 Å². The average Bonchev–Trinajstić information content (AvgIpc) is 3.34. The standard InChI is InChI=1S/C26H24ClN5O4/c27-21-10-15(26(35)32-16-4-2-1-3-5-16)6-9-19(21)23(34)20-11-28-24-22(20)25(30-14-29-24)31-17-7-8-18(12-33)36-13-17/h1-6,9-11,14,17-18,33H,7-8,12-13H2,(H,32,35)(H2,28,29,30,31)/t17-,18-/m0/s1. The number of aliphatic hydroxyl groups excluding tert-OH is 1. The number of halogens is 1. The zero-order chi connectivity index (χ0) is 25.1. The number of benzene rings is 2. The highest BCUT2D eigenvalue weighted by atomic mass is 35.5. The van der Waals surface area contributed by atoms with E-state index < -0.39 is 0 Å². The van der Waals surface area contributed by atoms with Crippen LogP contribution in [0.25, 0.3) is 11.0 Å². The van der Waals surface area contributed by atoms with Gasteiger partial charge in [0.1, 0.15) is 17.8 Å². The van der Waals surface area contributed by atoms with Crippen LogP contribution >= 0.6 is 11.6 Å². The van der Waals surface area contributed by atoms with Crippen LogP contribution < -0.4 is 10.6 Å². The Hall–Kier alpha value is -3.79. The van der Waals surface area contributed by atoms with Crippen molar-refractivity contribution in [1.29, 1.82) is 0 Å². The molecule has 10 heteroatoms. The fourth-order valence-electron chi connectivity index (χ4n) is 4.22. The van der Waals surface area contributed by atoms with Crippen molar-refractivity contribution in [2.75, 3.05) is 23.8 Å². The summed E-state index contributed by atoms with van der Waals surface area (Å²) in [5.41, 5.74) is 2.13. The van der Waals surface area contributed by atoms with E-state index in [4.69, 9.17) is 16.3 Å². The number of nitrogens with one attached hydrogen (secondary N) is 3. The lowest BCUT2D eigenvalue weighted by molar-refractivity contribution is -0.0224. The van der Waals surface area contributed by atoms with E-state index in [1.54, 1.807) is 30.5 Å². The van der Waals surface area contributed by atoms with Gasteiger partial charge in [-0.1, -0.05) is 29.8 Å². The van der Waals surface area contributed by atoms with Gasteiger partial charge in [0.2, 0.25) is 0 Å². The van der Waals surface area contributed by atoms with E-state index in [9.17, 15) is 14.7 Å². The van der Waals surface area contributed by atoms with Gasteiger partial charge in [0.15, 0.2) is 5.78 Å². The van der Waals surface area contributed by atoms with Crippen molar-refractivity contribution in [2.24, 2.45) is 0 Å². The van der Waals surface area contributed by atoms with E-state index in [1.165, 1.54) is 12.4 Å². The number of nitrogens with zero attached hydrogens (tertiary/aromatic N) is 2. The molecule has 2 atom stereocenters. The maximum atomic E-state index is 13.5. The molecule has 1 fully saturated rings. The summed E-state index contributed by atoms with van der Waals surface area (Å²) in [5.74, 6) is -0.137. The number of aromatic nitrogens is 3. The Morgan fingerprint density at radius 3 is 2.67 bits per heavy atom. The number of aliphatic hydroxyl groups is 1. The maximum Gasteiger partial charge on any atom is 0.255 e. The third kappa shape index (κ3) is 4.94. The molecule has 184 valence electrons. The number of H-pyrrole nitrogens is 1. The Kier molecular flexibility index (Phi) is 6.95. The molecule has 0 bridgehead atoms. The van der Waals surface area contributed by atoms with Crippen LogP contribution in [-0.4, -0.2) is 57.1 Å². The van der Waals surface area contributed by atoms with Crippen LogP contribution in [0.15, 0.2) is 61.1 Å². The molecule has 0 spiro atoms. The fraction of sp³-hybridized carbons (Fsp3) is 0.231. The minimum absolute atomic E-state index is 0.00556. The first-order chi connectivity index (χ1) is 17.5. The van der Waals surface area contributed by atoms with Crippen molar-refractivity contribution in [3.05, 3.63) is 82.8 Å². The second-order valence-electron chi connectivity index (χ2n) is 8.55. The van der Waals surface area contributed by atoms with Gasteiger partial charge in [-0.25, -0.2) is 9.97 Å². The van der Waals surface area contributed by atoms with Crippen LogP contribution in [0.1, 0.15) is 39.1 Å². The van der Waals surface area contributed by atoms with Gasteiger partial charge in [-0.05, 0) is 43.2 Å². The summed E-state index contributed by atoms with van der Waals surface area (Å²) in [5, 5.41) is 16.1. The highest BCUT2D eigenvalue weighted by Crippen LogP contribution is 2.30. The van der Waals surface area contributed by atoms with E-state index in [0.29, 0.717) is 40.3 Å². The number of ether oxygens (including phenoxy) is 1. The number of carbonyl (C=O) groups is 2. The molecular formula is C26H24ClN5O4. The first-order valence-electron chi connectivity index (χ1n) is 11.5. The second kappa shape index (κ2) is 10.4. The van der Waals surface area contributed by atoms with Crippen LogP contribution in [-0.2, 0) is 4.74 Å². The minimum Gasteiger partial charge on any atom is -0.394 e. The Labute approximate surface area is 211 Å². The van der Waals surface area contributed by atoms with Gasteiger partial charge in [-0.15, -0.1) is 0 Å². The third-order valence-corrected chi connectivity index (χ3v) is 6.45. The molecule has 1 saturated heterocycles. The van der Waals surface area contributed by atoms with E-state index in [2.05, 4.69) is 25.6 Å². The fourth-order valence-corrected chi connectivity index (χ4v) is 4.49. The molecule has 9 nitrogen and oxygen atoms in total. The lowest BCUT2D eigenvalue weighted by Crippen LogP contribution is -2.36. The number of hydrogen-bond acceptors (Lipinski definition) is 7. The average molecular weight is 506 g/mol. The summed E-state index contributed by atoms with van der Waals surface area (Å²) in [6.45, 7) is 0.414. The topological polar surface area (TPSA) is 129 Å². The van der Waals surface area contributed by atoms with Crippen LogP contribution in [0, 0.1) is 0 Å². The third-order valence-electron chi connectivity index (χ3n) is 6.14. The molecule has 2 aromatic heterocycles. The summed E-state index contributed by atoms with van der Waals surface area (Å²) in [6.07, 6.45) is 4.36. The Morgan fingerprint density at radius 2 is 1.94 bits per heavy atom. The smallest absolute Gasteiger partial charge is 0.255 e. The number of anilines is 2. The van der Waals surface area contributed by atoms with Crippen molar-refractivity contribution in [3.63, 3.8) is 0 Å². The predicted octanol–water partition coefficient (Wildman–Crippen LogP) is 4.05. The van der Waals surface area contributed by atoms with Gasteiger partial charge in [0.25, 0.3) is 5.91 Å². The second-order valence-corrected chi connectivity index (χ2v) is 8.96. The molecule has 3 heterocycles. The molecule has 4 aromatic rings. The summed E-state index contributed by atoms with van der Waals surface area (Å²) in [6, 6.07) is 13.7. The Bertz CT molecular complexity index is 1400. The quantitative estimate of drug-likeness (QED) is 0.279. The Balaban J connectivity index is 1.38. The summed E-state index contributed by atoms with van der Waals surface area (Å²) >= 11 is 6.47. The zero-order valence-electron chi connectivity index (χ0n) is 19.2. The monoisotopic (exact) mass is 505 g/mol. The molecule has 0 aliphatic carbocycles. The highest BCUT2D eigenvalue weighted by molar-refractivity contribution is 6.36. The van der Waals surface area contributed by atoms with E-state index in [0.717, 1.165) is 12.8 Å². The SMILES string of the molecule is O=C(Nc1ccccc1)c1ccc(C(=O)c2c[nH]c3ncnc(N[C@H]4CC[C@@H](CO)OC4)c23)c(Cl)c1. The molecule has 36 heavy (non-hydrogen) atoms. The van der Waals surface area contributed by atoms with Crippen molar-refractivity contribution >= 4 is 45.8 Å². The first kappa shape index (κ1) is 23.9. The normalized spacial score (nSPS) is 17.6. The van der Waals surface area contributed by atoms with Crippen LogP contribution in [0.3, 0.4) is 0 Å². The maximum absolute atomic E-state index is 13.5. The van der Waals surface area contributed by atoms with Crippen molar-refractivity contribution in [2.45, 2.75) is 25.0 Å². The molecular weight excluding hydrogens is 482 g/mol. The zero-order valence-corrected chi connectivity index (χ0v) is 20.0. The van der Waals surface area contributed by atoms with E-state index in [1.807, 2.05) is 18.2 Å². The van der Waals surface area contributed by atoms with Crippen molar-refractivity contribution in [3.8, 4) is 0 Å². The highest BCUT2D eigenvalue weighted by Gasteiger charge is 2.25. The molecule has 1 amide bonds. The molecule has 0 saturated carbocycles. The lowest BCUT2D eigenvalue weighted by atomic mass is 10.0. The summed E-state index contributed by atoms with van der Waals surface area (Å²) in [7, 11) is 0. The molecule has 2 aromatic carbocycles. The van der Waals surface area contributed by atoms with Crippen LogP contribution in [0.2, 0.25) is 5.02 Å². The molecule has 4 N–H and O–H groups in total. The number of rotatable bonds is 7. The van der Waals surface area contributed by atoms with Crippen molar-refractivity contribution < 1.29 is 19.4 Å². The molecule has 0 radical (unpaired) electrons. The van der Waals surface area contributed by atoms with Gasteiger partial charge in [-0.2, -0.15) is 0 Å². The van der Waals surface area contributed by atoms with Gasteiger partial charge >= 0.3 is 0 Å². The van der Waals surface area contributed by atoms with Crippen LogP contribution in [0.4, 0.5) is 11.5 Å². The number of fused-ring (bicyclic) bond motifs is 1. The number of hydrogen-bond donors (Lipinski definition) is 4. The number of aromatic amines is 1. The van der Waals surface area contributed by atoms with Gasteiger partial charge in [0, 0.05) is 23.0 Å². The van der Waals surface area contributed by atoms with E-state index >= 15 is 0 Å². The molecule has 1 aliphatic heterocycles. The van der Waals surface area contributed by atoms with Gasteiger partial charge in [0.05, 0.1) is 41.3 Å². The minimum atomic E-state index is -0.327. The number of ketones is 1. The van der Waals surface area contributed by atoms with Crippen LogP contribution in [0.5, 0.6) is 0 Å². The lowest BCUT2D eigenvalue weighted by Gasteiger charge is -2.29. The largest absolute Gasteiger partial charge is 0.394 e. The van der Waals surface area contributed by atoms with Gasteiger partial charge in [-0.3, -0.25) is 9.59 Å². The molecule has 0 unspecified atom stereocenters. The first-order valence-corrected chi connectivity index (χ1v) is 11.9. The predicted molar refractivity (Wildman–Crippen MR) is 137 cm³/mol. The molecule has 5 rings (SSSR count). The molecule has 1 aliphatic rings. The summed E-state index contributed by atoms with van der Waals surface area (Å²) < 4.78 is 5.66.